The second kappa shape index (κ2) is 8.16. The monoisotopic (exact) mass is 389 g/mol. The zero-order chi connectivity index (χ0) is 19.4. The molecule has 7 nitrogen and oxygen atoms in total. The highest BCUT2D eigenvalue weighted by Gasteiger charge is 2.30. The lowest BCUT2D eigenvalue weighted by Crippen LogP contribution is -2.51. The minimum absolute atomic E-state index is 0.0255. The van der Waals surface area contributed by atoms with Gasteiger partial charge in [-0.25, -0.2) is 8.42 Å². The fourth-order valence-corrected chi connectivity index (χ4v) is 4.84. The molecule has 0 N–H and O–H groups in total. The van der Waals surface area contributed by atoms with Gasteiger partial charge in [0, 0.05) is 44.4 Å². The number of sulfonamides is 1. The maximum Gasteiger partial charge on any atom is 0.270 e. The van der Waals surface area contributed by atoms with Crippen LogP contribution >= 0.6 is 0 Å². The number of piperazine rings is 1. The molecule has 0 saturated carbocycles. The summed E-state index contributed by atoms with van der Waals surface area (Å²) >= 11 is 0. The Hall–Kier alpha value is -2.29. The van der Waals surface area contributed by atoms with Crippen molar-refractivity contribution in [3.8, 4) is 0 Å². The van der Waals surface area contributed by atoms with Crippen molar-refractivity contribution in [2.45, 2.75) is 24.3 Å². The van der Waals surface area contributed by atoms with E-state index in [9.17, 15) is 18.5 Å². The van der Waals surface area contributed by atoms with Crippen molar-refractivity contribution in [2.75, 3.05) is 26.2 Å². The molecule has 1 saturated heterocycles. The molecule has 1 aliphatic heterocycles. The van der Waals surface area contributed by atoms with Gasteiger partial charge in [0.2, 0.25) is 10.0 Å². The van der Waals surface area contributed by atoms with Crippen LogP contribution in [0, 0.1) is 10.1 Å². The lowest BCUT2D eigenvalue weighted by atomic mass is 10.1. The summed E-state index contributed by atoms with van der Waals surface area (Å²) in [5.74, 6) is 0. The molecule has 1 fully saturated rings. The van der Waals surface area contributed by atoms with Crippen LogP contribution in [0.15, 0.2) is 59.5 Å². The predicted molar refractivity (Wildman–Crippen MR) is 103 cm³/mol. The summed E-state index contributed by atoms with van der Waals surface area (Å²) in [4.78, 5) is 12.6. The minimum atomic E-state index is -3.72. The minimum Gasteiger partial charge on any atom is -0.298 e. The highest BCUT2D eigenvalue weighted by atomic mass is 32.2. The van der Waals surface area contributed by atoms with Gasteiger partial charge in [0.15, 0.2) is 0 Å². The summed E-state index contributed by atoms with van der Waals surface area (Å²) in [6.45, 7) is 4.19. The Kier molecular flexibility index (Phi) is 5.88. The molecule has 0 amide bonds. The molecule has 0 aromatic heterocycles. The summed E-state index contributed by atoms with van der Waals surface area (Å²) < 4.78 is 27.0. The molecule has 1 aliphatic rings. The van der Waals surface area contributed by atoms with Crippen molar-refractivity contribution in [1.29, 1.82) is 0 Å². The Bertz CT molecular complexity index is 894. The SMILES string of the molecule is CC(Cc1ccccc1)N1CCN(S(=O)(=O)c2cccc([N+](=O)[O-])c2)CC1. The quantitative estimate of drug-likeness (QED) is 0.560. The van der Waals surface area contributed by atoms with E-state index in [0.717, 1.165) is 12.5 Å². The first kappa shape index (κ1) is 19.5. The number of nitro benzene ring substituents is 1. The average molecular weight is 389 g/mol. The number of benzene rings is 2. The third-order valence-electron chi connectivity index (χ3n) is 4.94. The van der Waals surface area contributed by atoms with E-state index in [2.05, 4.69) is 24.0 Å². The second-order valence-corrected chi connectivity index (χ2v) is 8.67. The van der Waals surface area contributed by atoms with E-state index in [1.54, 1.807) is 0 Å². The average Bonchev–Trinajstić information content (AvgIpc) is 2.69. The molecule has 144 valence electrons. The normalized spacial score (nSPS) is 17.5. The second-order valence-electron chi connectivity index (χ2n) is 6.73. The maximum absolute atomic E-state index is 12.8. The van der Waals surface area contributed by atoms with Crippen molar-refractivity contribution in [3.63, 3.8) is 0 Å². The number of nitro groups is 1. The van der Waals surface area contributed by atoms with E-state index in [-0.39, 0.29) is 10.6 Å². The van der Waals surface area contributed by atoms with Gasteiger partial charge in [-0.1, -0.05) is 36.4 Å². The predicted octanol–water partition coefficient (Wildman–Crippen LogP) is 2.53. The molecule has 3 rings (SSSR count). The van der Waals surface area contributed by atoms with Crippen LogP contribution in [0.3, 0.4) is 0 Å². The zero-order valence-electron chi connectivity index (χ0n) is 15.2. The van der Waals surface area contributed by atoms with Crippen molar-refractivity contribution in [3.05, 3.63) is 70.3 Å². The van der Waals surface area contributed by atoms with Crippen LogP contribution in [0.5, 0.6) is 0 Å². The first-order valence-corrected chi connectivity index (χ1v) is 10.3. The number of non-ortho nitro benzene ring substituents is 1. The molecular formula is C19H23N3O4S. The Balaban J connectivity index is 1.64. The highest BCUT2D eigenvalue weighted by molar-refractivity contribution is 7.89. The Morgan fingerprint density at radius 2 is 1.70 bits per heavy atom. The van der Waals surface area contributed by atoms with Gasteiger partial charge in [-0.3, -0.25) is 15.0 Å². The van der Waals surface area contributed by atoms with Crippen LogP contribution < -0.4 is 0 Å². The Labute approximate surface area is 159 Å². The smallest absolute Gasteiger partial charge is 0.270 e. The van der Waals surface area contributed by atoms with E-state index in [1.807, 2.05) is 18.2 Å². The van der Waals surface area contributed by atoms with Crippen LogP contribution in [-0.4, -0.2) is 54.8 Å². The molecule has 0 aliphatic carbocycles. The lowest BCUT2D eigenvalue weighted by Gasteiger charge is -2.37. The highest BCUT2D eigenvalue weighted by Crippen LogP contribution is 2.22. The zero-order valence-corrected chi connectivity index (χ0v) is 16.0. The molecule has 0 spiro atoms. The van der Waals surface area contributed by atoms with Gasteiger partial charge in [0.1, 0.15) is 0 Å². The molecular weight excluding hydrogens is 366 g/mol. The van der Waals surface area contributed by atoms with Crippen LogP contribution in [-0.2, 0) is 16.4 Å². The largest absolute Gasteiger partial charge is 0.298 e. The fraction of sp³-hybridized carbons (Fsp3) is 0.368. The van der Waals surface area contributed by atoms with Crippen LogP contribution in [0.25, 0.3) is 0 Å². The molecule has 27 heavy (non-hydrogen) atoms. The molecule has 2 aromatic rings. The van der Waals surface area contributed by atoms with Crippen LogP contribution in [0.2, 0.25) is 0 Å². The first-order valence-electron chi connectivity index (χ1n) is 8.90. The van der Waals surface area contributed by atoms with Crippen LogP contribution in [0.4, 0.5) is 5.69 Å². The fourth-order valence-electron chi connectivity index (χ4n) is 3.38. The van der Waals surface area contributed by atoms with Gasteiger partial charge in [-0.15, -0.1) is 0 Å². The topological polar surface area (TPSA) is 83.8 Å². The van der Waals surface area contributed by atoms with E-state index in [0.29, 0.717) is 32.2 Å². The number of nitrogens with zero attached hydrogens (tertiary/aromatic N) is 3. The van der Waals surface area contributed by atoms with Gasteiger partial charge in [-0.2, -0.15) is 4.31 Å². The van der Waals surface area contributed by atoms with Crippen LogP contribution in [0.1, 0.15) is 12.5 Å². The van der Waals surface area contributed by atoms with Gasteiger partial charge >= 0.3 is 0 Å². The Morgan fingerprint density at radius 3 is 2.33 bits per heavy atom. The van der Waals surface area contributed by atoms with E-state index < -0.39 is 14.9 Å². The summed E-state index contributed by atoms with van der Waals surface area (Å²) in [6.07, 6.45) is 0.915. The maximum atomic E-state index is 12.8. The molecule has 2 aromatic carbocycles. The van der Waals surface area contributed by atoms with E-state index in [1.165, 1.54) is 28.1 Å². The van der Waals surface area contributed by atoms with Crippen molar-refractivity contribution >= 4 is 15.7 Å². The number of rotatable bonds is 6. The molecule has 0 radical (unpaired) electrons. The lowest BCUT2D eigenvalue weighted by molar-refractivity contribution is -0.385. The van der Waals surface area contributed by atoms with Gasteiger partial charge in [-0.05, 0) is 25.0 Å². The molecule has 8 heteroatoms. The van der Waals surface area contributed by atoms with E-state index >= 15 is 0 Å². The number of hydrogen-bond donors (Lipinski definition) is 0. The van der Waals surface area contributed by atoms with Crippen molar-refractivity contribution in [1.82, 2.24) is 9.21 Å². The summed E-state index contributed by atoms with van der Waals surface area (Å²) in [7, 11) is -3.72. The first-order chi connectivity index (χ1) is 12.9. The molecule has 1 atom stereocenters. The summed E-state index contributed by atoms with van der Waals surface area (Å²) in [5.41, 5.74) is 1.04. The van der Waals surface area contributed by atoms with Crippen molar-refractivity contribution in [2.24, 2.45) is 0 Å². The van der Waals surface area contributed by atoms with Gasteiger partial charge in [0.05, 0.1) is 9.82 Å². The van der Waals surface area contributed by atoms with Crippen molar-refractivity contribution < 1.29 is 13.3 Å². The molecule has 1 heterocycles. The van der Waals surface area contributed by atoms with Gasteiger partial charge < -0.3 is 0 Å². The molecule has 1 unspecified atom stereocenters. The summed E-state index contributed by atoms with van der Waals surface area (Å²) in [5, 5.41) is 10.9. The Morgan fingerprint density at radius 1 is 1.04 bits per heavy atom. The summed E-state index contributed by atoms with van der Waals surface area (Å²) in [6, 6.07) is 15.8. The molecule has 0 bridgehead atoms. The van der Waals surface area contributed by atoms with E-state index in [4.69, 9.17) is 0 Å². The number of hydrogen-bond acceptors (Lipinski definition) is 5. The van der Waals surface area contributed by atoms with Gasteiger partial charge in [0.25, 0.3) is 5.69 Å². The third-order valence-corrected chi connectivity index (χ3v) is 6.83. The standard InChI is InChI=1S/C19H23N3O4S/c1-16(14-17-6-3-2-4-7-17)20-10-12-21(13-11-20)27(25,26)19-9-5-8-18(15-19)22(23)24/h2-9,15-16H,10-14H2,1H3. The third kappa shape index (κ3) is 4.52.